The van der Waals surface area contributed by atoms with Gasteiger partial charge in [0.1, 0.15) is 0 Å². The van der Waals surface area contributed by atoms with Crippen molar-refractivity contribution in [1.82, 2.24) is 9.13 Å². The molecule has 0 radical (unpaired) electrons. The summed E-state index contributed by atoms with van der Waals surface area (Å²) in [5.74, 6) is 0.737. The zero-order valence-corrected chi connectivity index (χ0v) is 35.5. The molecule has 0 atom stereocenters. The number of ketones is 2. The fourth-order valence-corrected chi connectivity index (χ4v) is 9.89. The van der Waals surface area contributed by atoms with Crippen molar-refractivity contribution < 1.29 is 18.7 Å². The number of nitrogens with zero attached hydrogens (tertiary/aromatic N) is 4. The van der Waals surface area contributed by atoms with Gasteiger partial charge in [-0.1, -0.05) is 170 Å². The Morgan fingerprint density at radius 1 is 0.413 bits per heavy atom. The highest BCUT2D eigenvalue weighted by molar-refractivity contribution is 6.24. The number of imidazole rings is 2. The van der Waals surface area contributed by atoms with Crippen LogP contribution in [0.15, 0.2) is 176 Å². The number of rotatable bonds is 12. The summed E-state index contributed by atoms with van der Waals surface area (Å²) in [5, 5.41) is 9.59. The molecular formula is C57H48N4O2+2. The Morgan fingerprint density at radius 3 is 1.30 bits per heavy atom. The molecule has 6 nitrogen and oxygen atoms in total. The lowest BCUT2D eigenvalue weighted by molar-refractivity contribution is -0.708. The van der Waals surface area contributed by atoms with Crippen LogP contribution in [0.5, 0.6) is 0 Å². The van der Waals surface area contributed by atoms with E-state index in [1.165, 1.54) is 65.3 Å². The lowest BCUT2D eigenvalue weighted by Crippen LogP contribution is -2.48. The molecule has 10 aromatic rings. The predicted octanol–water partition coefficient (Wildman–Crippen LogP) is 10.5. The third kappa shape index (κ3) is 7.21. The molecule has 0 fully saturated rings. The third-order valence-electron chi connectivity index (χ3n) is 13.3. The van der Waals surface area contributed by atoms with Crippen molar-refractivity contribution in [3.8, 4) is 0 Å². The monoisotopic (exact) mass is 820 g/mol. The van der Waals surface area contributed by atoms with Crippen LogP contribution in [0.4, 0.5) is 0 Å². The number of aryl methyl sites for hydroxylation is 6. The topological polar surface area (TPSA) is 51.8 Å². The Labute approximate surface area is 366 Å². The molecule has 0 amide bonds. The van der Waals surface area contributed by atoms with Crippen LogP contribution >= 0.6 is 0 Å². The molecule has 11 rings (SSSR count). The number of hydrogen-bond acceptors (Lipinski definition) is 2. The number of benzene rings is 8. The van der Waals surface area contributed by atoms with Crippen LogP contribution in [0.3, 0.4) is 0 Å². The zero-order chi connectivity index (χ0) is 42.4. The average molecular weight is 821 g/mol. The summed E-state index contributed by atoms with van der Waals surface area (Å²) in [6.07, 6.45) is 4.92. The summed E-state index contributed by atoms with van der Waals surface area (Å²) in [7, 11) is 0. The van der Waals surface area contributed by atoms with Crippen LogP contribution in [-0.2, 0) is 51.9 Å². The molecule has 2 heterocycles. The Morgan fingerprint density at radius 2 is 0.825 bits per heavy atom. The van der Waals surface area contributed by atoms with Gasteiger partial charge in [0, 0.05) is 32.6 Å². The quantitative estimate of drug-likeness (QED) is 0.115. The highest BCUT2D eigenvalue weighted by Gasteiger charge is 2.50. The Hall–Kier alpha value is -7.44. The number of aromatic nitrogens is 4. The maximum Gasteiger partial charge on any atom is 0.280 e. The molecule has 0 unspecified atom stereocenters. The van der Waals surface area contributed by atoms with E-state index in [9.17, 15) is 0 Å². The fourth-order valence-electron chi connectivity index (χ4n) is 9.89. The van der Waals surface area contributed by atoms with Crippen LogP contribution in [0.2, 0.25) is 0 Å². The number of fused-ring (bicyclic) bond motifs is 6. The van der Waals surface area contributed by atoms with Crippen molar-refractivity contribution in [3.05, 3.63) is 227 Å². The van der Waals surface area contributed by atoms with E-state index in [-0.39, 0.29) is 11.6 Å². The van der Waals surface area contributed by atoms with Gasteiger partial charge in [0.2, 0.25) is 29.1 Å². The van der Waals surface area contributed by atoms with Gasteiger partial charge in [-0.15, -0.1) is 0 Å². The normalized spacial score (nSPS) is 12.5. The van der Waals surface area contributed by atoms with E-state index in [0.29, 0.717) is 49.0 Å². The summed E-state index contributed by atoms with van der Waals surface area (Å²) in [6, 6.07) is 60.0. The first kappa shape index (κ1) is 38.5. The molecule has 0 N–H and O–H groups in total. The van der Waals surface area contributed by atoms with E-state index in [2.05, 4.69) is 195 Å². The van der Waals surface area contributed by atoms with E-state index < -0.39 is 0 Å². The first-order chi connectivity index (χ1) is 30.9. The third-order valence-corrected chi connectivity index (χ3v) is 13.3. The largest absolute Gasteiger partial charge is 0.280 e. The second-order valence-corrected chi connectivity index (χ2v) is 17.1. The van der Waals surface area contributed by atoms with Gasteiger partial charge in [0.15, 0.2) is 0 Å². The molecule has 2 aromatic heterocycles. The van der Waals surface area contributed by atoms with Gasteiger partial charge in [-0.25, -0.2) is 18.3 Å². The van der Waals surface area contributed by atoms with Crippen molar-refractivity contribution in [2.24, 2.45) is 0 Å². The first-order valence-corrected chi connectivity index (χ1v) is 22.2. The number of carbonyl (C=O) groups is 2. The van der Waals surface area contributed by atoms with Crippen molar-refractivity contribution in [1.29, 1.82) is 0 Å². The maximum absolute atomic E-state index is 15.5. The van der Waals surface area contributed by atoms with Gasteiger partial charge in [0.25, 0.3) is 17.4 Å². The van der Waals surface area contributed by atoms with E-state index in [4.69, 9.17) is 0 Å². The maximum atomic E-state index is 15.5. The van der Waals surface area contributed by atoms with E-state index in [1.807, 2.05) is 6.33 Å². The van der Waals surface area contributed by atoms with Gasteiger partial charge in [-0.3, -0.25) is 9.59 Å². The highest BCUT2D eigenvalue weighted by Crippen LogP contribution is 2.29. The summed E-state index contributed by atoms with van der Waals surface area (Å²) in [6.45, 7) is 4.35. The number of carbonyl (C=O) groups excluding carboxylic acids is 2. The lowest BCUT2D eigenvalue weighted by atomic mass is 9.97. The molecule has 306 valence electrons. The molecule has 6 heteroatoms. The number of hydrogen-bond donors (Lipinski definition) is 0. The van der Waals surface area contributed by atoms with E-state index in [0.717, 1.165) is 31.5 Å². The van der Waals surface area contributed by atoms with Crippen LogP contribution in [0.1, 0.15) is 60.4 Å². The lowest BCUT2D eigenvalue weighted by Gasteiger charge is -2.11. The van der Waals surface area contributed by atoms with Crippen LogP contribution in [0, 0.1) is 6.92 Å². The smallest absolute Gasteiger partial charge is 0.280 e. The van der Waals surface area contributed by atoms with Gasteiger partial charge in [-0.05, 0) is 65.3 Å². The minimum Gasteiger partial charge on any atom is -0.280 e. The van der Waals surface area contributed by atoms with E-state index in [1.54, 1.807) is 0 Å². The van der Waals surface area contributed by atoms with Gasteiger partial charge in [0.05, 0.1) is 26.2 Å². The first-order valence-electron chi connectivity index (χ1n) is 22.2. The summed E-state index contributed by atoms with van der Waals surface area (Å²) < 4.78 is 8.38. The van der Waals surface area contributed by atoms with Gasteiger partial charge < -0.3 is 0 Å². The molecule has 0 aliphatic heterocycles. The summed E-state index contributed by atoms with van der Waals surface area (Å²) >= 11 is 0. The SMILES string of the molecule is Cc1n(CCc2ccc3ccccc3c2)c2c([n+]1CCc1ccc3ccccc3c1)C(=O)c1c(n(CCc3ccc4ccccc4c3)c[n+]1CCc1ccc3ccccc3c1)C2=O. The molecular weight excluding hydrogens is 773 g/mol. The van der Waals surface area contributed by atoms with E-state index >= 15 is 9.59 Å². The molecule has 0 saturated carbocycles. The van der Waals surface area contributed by atoms with Crippen molar-refractivity contribution in [3.63, 3.8) is 0 Å². The molecule has 1 aliphatic carbocycles. The summed E-state index contributed by atoms with van der Waals surface area (Å²) in [4.78, 5) is 30.9. The molecule has 0 saturated heterocycles. The van der Waals surface area contributed by atoms with Crippen LogP contribution < -0.4 is 9.13 Å². The summed E-state index contributed by atoms with van der Waals surface area (Å²) in [5.41, 5.74) is 6.73. The Kier molecular flexibility index (Phi) is 9.84. The Bertz CT molecular complexity index is 3200. The molecule has 1 aliphatic rings. The van der Waals surface area contributed by atoms with Gasteiger partial charge >= 0.3 is 0 Å². The van der Waals surface area contributed by atoms with Crippen molar-refractivity contribution in [2.75, 3.05) is 0 Å². The van der Waals surface area contributed by atoms with Crippen molar-refractivity contribution in [2.45, 2.75) is 58.8 Å². The molecule has 63 heavy (non-hydrogen) atoms. The highest BCUT2D eigenvalue weighted by atomic mass is 16.1. The second-order valence-electron chi connectivity index (χ2n) is 17.1. The Balaban J connectivity index is 0.991. The predicted molar refractivity (Wildman–Crippen MR) is 251 cm³/mol. The average Bonchev–Trinajstić information content (AvgIpc) is 3.84. The molecule has 8 aromatic carbocycles. The minimum absolute atomic E-state index is 0.0892. The zero-order valence-electron chi connectivity index (χ0n) is 35.5. The van der Waals surface area contributed by atoms with Crippen LogP contribution in [0.25, 0.3) is 43.1 Å². The second kappa shape index (κ2) is 16.1. The minimum atomic E-state index is -0.0892. The van der Waals surface area contributed by atoms with Gasteiger partial charge in [-0.2, -0.15) is 0 Å². The van der Waals surface area contributed by atoms with Crippen molar-refractivity contribution >= 4 is 54.7 Å². The molecule has 0 bridgehead atoms. The standard InChI is InChI=1S/C57H48N4O2/c1-39-60(32-28-42-20-24-46-12-4-8-16-50(46)36-42)54-55(61(39)33-29-43-21-25-47-13-5-9-17-51(47)37-43)57(63)53-52(56(54)62)58(30-26-40-18-22-44-10-2-6-14-48(44)34-40)38-59(53)31-27-41-19-23-45-11-3-7-15-49(45)35-41/h2-25,34-38H,26-33H2,1H3/q+2. The molecule has 0 spiro atoms. The van der Waals surface area contributed by atoms with Crippen LogP contribution in [-0.4, -0.2) is 20.7 Å². The fraction of sp³-hybridized carbons (Fsp3) is 0.158.